The normalized spacial score (nSPS) is 14.5. The Bertz CT molecular complexity index is 1380. The Kier molecular flexibility index (Phi) is 5.50. The van der Waals surface area contributed by atoms with Crippen molar-refractivity contribution in [3.05, 3.63) is 65.0 Å². The standard InChI is InChI=1S/C24H25N7O3/c1-28-8-10-29(11-9-28)18-5-3-4-16(12-18)20-15-27-30-23(25)19(14-26-24(20)30)17-6-7-21(31(32)33)22(13-17)34-2/h3-7,12-15H,8-11,25H2,1-2H3. The Morgan fingerprint density at radius 2 is 1.79 bits per heavy atom. The summed E-state index contributed by atoms with van der Waals surface area (Å²) in [6.07, 6.45) is 3.43. The molecule has 2 N–H and O–H groups in total. The second kappa shape index (κ2) is 8.64. The monoisotopic (exact) mass is 459 g/mol. The number of aromatic nitrogens is 3. The fourth-order valence-electron chi connectivity index (χ4n) is 4.31. The van der Waals surface area contributed by atoms with Gasteiger partial charge in [0.25, 0.3) is 0 Å². The Morgan fingerprint density at radius 1 is 1.03 bits per heavy atom. The van der Waals surface area contributed by atoms with Crippen LogP contribution in [0.2, 0.25) is 0 Å². The number of nitrogens with two attached hydrogens (primary N) is 1. The van der Waals surface area contributed by atoms with E-state index in [9.17, 15) is 10.1 Å². The third kappa shape index (κ3) is 3.77. The molecule has 1 saturated heterocycles. The van der Waals surface area contributed by atoms with Gasteiger partial charge in [0.05, 0.1) is 18.2 Å². The average molecular weight is 460 g/mol. The number of nitrogen functional groups attached to an aromatic ring is 1. The molecule has 0 amide bonds. The summed E-state index contributed by atoms with van der Waals surface area (Å²) in [6, 6.07) is 13.0. The van der Waals surface area contributed by atoms with Crippen molar-refractivity contribution in [1.82, 2.24) is 19.5 Å². The van der Waals surface area contributed by atoms with Crippen LogP contribution in [-0.2, 0) is 0 Å². The third-order valence-electron chi connectivity index (χ3n) is 6.28. The van der Waals surface area contributed by atoms with Gasteiger partial charge in [0, 0.05) is 55.3 Å². The Hall–Kier alpha value is -4.18. The fraction of sp³-hybridized carbons (Fsp3) is 0.250. The molecular weight excluding hydrogens is 434 g/mol. The number of benzene rings is 2. The largest absolute Gasteiger partial charge is 0.490 e. The summed E-state index contributed by atoms with van der Waals surface area (Å²) in [4.78, 5) is 20.1. The molecule has 0 saturated carbocycles. The van der Waals surface area contributed by atoms with Gasteiger partial charge in [-0.15, -0.1) is 0 Å². The lowest BCUT2D eigenvalue weighted by Gasteiger charge is -2.34. The third-order valence-corrected chi connectivity index (χ3v) is 6.28. The van der Waals surface area contributed by atoms with Crippen molar-refractivity contribution in [1.29, 1.82) is 0 Å². The molecule has 5 rings (SSSR count). The van der Waals surface area contributed by atoms with Gasteiger partial charge in [0.15, 0.2) is 11.4 Å². The first-order chi connectivity index (χ1) is 16.5. The first-order valence-corrected chi connectivity index (χ1v) is 10.9. The van der Waals surface area contributed by atoms with Gasteiger partial charge in [-0.2, -0.15) is 9.61 Å². The summed E-state index contributed by atoms with van der Waals surface area (Å²) in [6.45, 7) is 4.05. The van der Waals surface area contributed by atoms with Crippen LogP contribution in [0.1, 0.15) is 0 Å². The van der Waals surface area contributed by atoms with Crippen LogP contribution in [0, 0.1) is 10.1 Å². The number of methoxy groups -OCH3 is 1. The highest BCUT2D eigenvalue weighted by molar-refractivity contribution is 5.83. The SMILES string of the molecule is COc1cc(-c2cnc3c(-c4cccc(N5CCN(C)CC5)c4)cnn3c2N)ccc1[N+](=O)[O-]. The molecule has 34 heavy (non-hydrogen) atoms. The quantitative estimate of drug-likeness (QED) is 0.357. The smallest absolute Gasteiger partial charge is 0.310 e. The molecule has 1 fully saturated rings. The molecule has 10 heteroatoms. The Morgan fingerprint density at radius 3 is 2.53 bits per heavy atom. The second-order valence-electron chi connectivity index (χ2n) is 8.34. The van der Waals surface area contributed by atoms with Crippen molar-refractivity contribution >= 4 is 22.8 Å². The predicted octanol–water partition coefficient (Wildman–Crippen LogP) is 3.31. The van der Waals surface area contributed by atoms with Crippen LogP contribution >= 0.6 is 0 Å². The van der Waals surface area contributed by atoms with Crippen molar-refractivity contribution < 1.29 is 9.66 Å². The van der Waals surface area contributed by atoms with E-state index in [4.69, 9.17) is 10.5 Å². The topological polar surface area (TPSA) is 115 Å². The molecular formula is C24H25N7O3. The second-order valence-corrected chi connectivity index (χ2v) is 8.34. The van der Waals surface area contributed by atoms with Crippen molar-refractivity contribution in [2.75, 3.05) is 51.0 Å². The molecule has 3 heterocycles. The number of ether oxygens (including phenoxy) is 1. The summed E-state index contributed by atoms with van der Waals surface area (Å²) in [5.41, 5.74) is 11.3. The predicted molar refractivity (Wildman–Crippen MR) is 131 cm³/mol. The number of nitro groups is 1. The first-order valence-electron chi connectivity index (χ1n) is 10.9. The lowest BCUT2D eigenvalue weighted by atomic mass is 10.1. The average Bonchev–Trinajstić information content (AvgIpc) is 3.29. The number of nitrogens with zero attached hydrogens (tertiary/aromatic N) is 6. The highest BCUT2D eigenvalue weighted by Crippen LogP contribution is 2.35. The Labute approximate surface area is 196 Å². The molecule has 0 aliphatic carbocycles. The van der Waals surface area contributed by atoms with E-state index in [1.54, 1.807) is 29.0 Å². The molecule has 174 valence electrons. The van der Waals surface area contributed by atoms with E-state index in [2.05, 4.69) is 39.1 Å². The van der Waals surface area contributed by atoms with Crippen LogP contribution in [0.4, 0.5) is 17.2 Å². The van der Waals surface area contributed by atoms with E-state index < -0.39 is 4.92 Å². The molecule has 0 bridgehead atoms. The molecule has 0 atom stereocenters. The van der Waals surface area contributed by atoms with Crippen LogP contribution < -0.4 is 15.4 Å². The van der Waals surface area contributed by atoms with Gasteiger partial charge >= 0.3 is 5.69 Å². The van der Waals surface area contributed by atoms with E-state index in [0.717, 1.165) is 37.3 Å². The zero-order valence-corrected chi connectivity index (χ0v) is 19.0. The number of rotatable bonds is 5. The lowest BCUT2D eigenvalue weighted by Crippen LogP contribution is -2.44. The molecule has 0 unspecified atom stereocenters. The number of likely N-dealkylation sites (N-methyl/N-ethyl adjacent to an activating group) is 1. The fourth-order valence-corrected chi connectivity index (χ4v) is 4.31. The minimum Gasteiger partial charge on any atom is -0.490 e. The van der Waals surface area contributed by atoms with E-state index in [-0.39, 0.29) is 11.4 Å². The molecule has 2 aromatic carbocycles. The molecule has 1 aliphatic heterocycles. The van der Waals surface area contributed by atoms with Gasteiger partial charge in [-0.05, 0) is 42.4 Å². The van der Waals surface area contributed by atoms with Gasteiger partial charge in [0.2, 0.25) is 0 Å². The van der Waals surface area contributed by atoms with Crippen LogP contribution in [0.25, 0.3) is 27.9 Å². The van der Waals surface area contributed by atoms with Crippen LogP contribution in [0.5, 0.6) is 5.75 Å². The molecule has 10 nitrogen and oxygen atoms in total. The number of hydrogen-bond acceptors (Lipinski definition) is 8. The van der Waals surface area contributed by atoms with E-state index in [0.29, 0.717) is 22.6 Å². The molecule has 2 aromatic heterocycles. The van der Waals surface area contributed by atoms with Gasteiger partial charge in [0.1, 0.15) is 5.82 Å². The van der Waals surface area contributed by atoms with E-state index >= 15 is 0 Å². The van der Waals surface area contributed by atoms with Gasteiger partial charge in [-0.25, -0.2) is 4.98 Å². The van der Waals surface area contributed by atoms with Crippen LogP contribution in [-0.4, -0.2) is 64.8 Å². The maximum atomic E-state index is 11.2. The van der Waals surface area contributed by atoms with Gasteiger partial charge < -0.3 is 20.3 Å². The zero-order chi connectivity index (χ0) is 23.8. The van der Waals surface area contributed by atoms with Crippen molar-refractivity contribution in [2.24, 2.45) is 0 Å². The van der Waals surface area contributed by atoms with Crippen molar-refractivity contribution in [3.8, 4) is 28.0 Å². The highest BCUT2D eigenvalue weighted by Gasteiger charge is 2.19. The summed E-state index contributed by atoms with van der Waals surface area (Å²) < 4.78 is 6.79. The van der Waals surface area contributed by atoms with Gasteiger partial charge in [-0.1, -0.05) is 12.1 Å². The zero-order valence-electron chi connectivity index (χ0n) is 19.0. The summed E-state index contributed by atoms with van der Waals surface area (Å²) in [5, 5.41) is 15.7. The number of fused-ring (bicyclic) bond motifs is 1. The molecule has 0 radical (unpaired) electrons. The van der Waals surface area contributed by atoms with Crippen molar-refractivity contribution in [2.45, 2.75) is 0 Å². The highest BCUT2D eigenvalue weighted by atomic mass is 16.6. The van der Waals surface area contributed by atoms with Crippen LogP contribution in [0.3, 0.4) is 0 Å². The van der Waals surface area contributed by atoms with E-state index in [1.165, 1.54) is 18.9 Å². The molecule has 0 spiro atoms. The summed E-state index contributed by atoms with van der Waals surface area (Å²) >= 11 is 0. The minimum atomic E-state index is -0.483. The maximum Gasteiger partial charge on any atom is 0.310 e. The number of anilines is 2. The number of piperazine rings is 1. The maximum absolute atomic E-state index is 11.2. The number of hydrogen-bond donors (Lipinski definition) is 1. The lowest BCUT2D eigenvalue weighted by molar-refractivity contribution is -0.385. The van der Waals surface area contributed by atoms with Crippen LogP contribution in [0.15, 0.2) is 54.9 Å². The summed E-state index contributed by atoms with van der Waals surface area (Å²) in [7, 11) is 3.54. The molecule has 4 aromatic rings. The minimum absolute atomic E-state index is 0.111. The first kappa shape index (κ1) is 21.7. The van der Waals surface area contributed by atoms with E-state index in [1.807, 2.05) is 12.1 Å². The van der Waals surface area contributed by atoms with Crippen molar-refractivity contribution in [3.63, 3.8) is 0 Å². The Balaban J connectivity index is 1.52. The molecule has 1 aliphatic rings. The van der Waals surface area contributed by atoms with Gasteiger partial charge in [-0.3, -0.25) is 10.1 Å². The summed E-state index contributed by atoms with van der Waals surface area (Å²) in [5.74, 6) is 0.547. The number of nitro benzene ring substituents is 1.